The first-order valence-corrected chi connectivity index (χ1v) is 16.6. The van der Waals surface area contributed by atoms with Crippen LogP contribution in [0.4, 0.5) is 14.9 Å². The van der Waals surface area contributed by atoms with Crippen LogP contribution in [0.3, 0.4) is 0 Å². The molecule has 11 nitrogen and oxygen atoms in total. The number of ether oxygens (including phenoxy) is 2. The quantitative estimate of drug-likeness (QED) is 0.152. The van der Waals surface area contributed by atoms with Crippen LogP contribution in [0.5, 0.6) is 0 Å². The Hall–Kier alpha value is -4.80. The number of aromatic nitrogens is 1. The van der Waals surface area contributed by atoms with E-state index in [4.69, 9.17) is 21.1 Å². The molecule has 13 heteroatoms. The van der Waals surface area contributed by atoms with Crippen molar-refractivity contribution >= 4 is 46.0 Å². The number of rotatable bonds is 11. The lowest BCUT2D eigenvalue weighted by Crippen LogP contribution is -2.38. The van der Waals surface area contributed by atoms with Gasteiger partial charge in [0.25, 0.3) is 11.8 Å². The number of urea groups is 1. The number of benzene rings is 3. The lowest BCUT2D eigenvalue weighted by atomic mass is 9.99. The number of halogens is 2. The van der Waals surface area contributed by atoms with E-state index in [-0.39, 0.29) is 29.0 Å². The average Bonchev–Trinajstić information content (AvgIpc) is 3.72. The van der Waals surface area contributed by atoms with E-state index in [1.54, 1.807) is 13.0 Å². The van der Waals surface area contributed by atoms with Crippen molar-refractivity contribution in [1.29, 1.82) is 5.26 Å². The lowest BCUT2D eigenvalue weighted by molar-refractivity contribution is -0.122. The number of H-pyrrole nitrogens is 1. The molecule has 4 amide bonds. The van der Waals surface area contributed by atoms with Crippen LogP contribution < -0.4 is 15.5 Å². The molecular weight excluding hydrogens is 651 g/mol. The monoisotopic (exact) mass is 684 g/mol. The lowest BCUT2D eigenvalue weighted by Gasteiger charge is -2.20. The maximum atomic E-state index is 14.2. The summed E-state index contributed by atoms with van der Waals surface area (Å²) in [5.41, 5.74) is 6.10. The van der Waals surface area contributed by atoms with Crippen LogP contribution in [0.1, 0.15) is 39.0 Å². The highest BCUT2D eigenvalue weighted by Gasteiger charge is 2.53. The summed E-state index contributed by atoms with van der Waals surface area (Å²) in [6.07, 6.45) is 0.774. The Labute approximate surface area is 286 Å². The molecule has 0 aliphatic carbocycles. The zero-order chi connectivity index (χ0) is 34.2. The van der Waals surface area contributed by atoms with Gasteiger partial charge in [-0.25, -0.2) is 14.1 Å². The number of amides is 4. The number of carbonyl (C=O) groups excluding carboxylic acids is 3. The van der Waals surface area contributed by atoms with Crippen LogP contribution in [-0.2, 0) is 27.2 Å². The molecule has 49 heavy (non-hydrogen) atoms. The minimum Gasteiger partial charge on any atom is -0.378 e. The molecule has 3 aliphatic heterocycles. The van der Waals surface area contributed by atoms with Crippen molar-refractivity contribution in [3.05, 3.63) is 87.2 Å². The molecule has 0 saturated carbocycles. The minimum absolute atomic E-state index is 0.225. The summed E-state index contributed by atoms with van der Waals surface area (Å²) in [6, 6.07) is 14.8. The summed E-state index contributed by atoms with van der Waals surface area (Å²) < 4.78 is 26.0. The summed E-state index contributed by atoms with van der Waals surface area (Å²) >= 11 is 6.30. The zero-order valence-corrected chi connectivity index (χ0v) is 27.5. The summed E-state index contributed by atoms with van der Waals surface area (Å²) in [7, 11) is 0. The van der Waals surface area contributed by atoms with Gasteiger partial charge in [0.15, 0.2) is 0 Å². The van der Waals surface area contributed by atoms with E-state index in [2.05, 4.69) is 15.6 Å². The summed E-state index contributed by atoms with van der Waals surface area (Å²) in [5.74, 6) is -1.07. The molecule has 0 unspecified atom stereocenters. The summed E-state index contributed by atoms with van der Waals surface area (Å²) in [4.78, 5) is 45.0. The highest BCUT2D eigenvalue weighted by atomic mass is 35.5. The van der Waals surface area contributed by atoms with Crippen LogP contribution in [0.15, 0.2) is 48.5 Å². The number of anilines is 1. The first-order chi connectivity index (χ1) is 23.8. The molecular formula is C36H34ClFN6O5. The Morgan fingerprint density at radius 1 is 1.10 bits per heavy atom. The molecule has 4 aromatic rings. The van der Waals surface area contributed by atoms with Crippen molar-refractivity contribution in [3.63, 3.8) is 0 Å². The molecule has 0 bridgehead atoms. The predicted octanol–water partition coefficient (Wildman–Crippen LogP) is 4.83. The third kappa shape index (κ3) is 6.04. The maximum absolute atomic E-state index is 14.2. The fourth-order valence-corrected chi connectivity index (χ4v) is 7.19. The maximum Gasteiger partial charge on any atom is 0.332 e. The van der Waals surface area contributed by atoms with Crippen molar-refractivity contribution in [2.75, 3.05) is 44.4 Å². The summed E-state index contributed by atoms with van der Waals surface area (Å²) in [6.45, 7) is 4.94. The molecule has 3 aliphatic rings. The number of hydrogen-bond donors (Lipinski definition) is 3. The van der Waals surface area contributed by atoms with Crippen LogP contribution in [0, 0.1) is 24.1 Å². The van der Waals surface area contributed by atoms with Crippen molar-refractivity contribution in [2.45, 2.75) is 38.5 Å². The molecule has 252 valence electrons. The van der Waals surface area contributed by atoms with Gasteiger partial charge in [-0.2, -0.15) is 5.26 Å². The van der Waals surface area contributed by atoms with Crippen molar-refractivity contribution in [1.82, 2.24) is 20.5 Å². The van der Waals surface area contributed by atoms with E-state index in [1.165, 1.54) is 23.1 Å². The van der Waals surface area contributed by atoms with E-state index < -0.39 is 24.0 Å². The molecule has 1 aromatic heterocycles. The number of imide groups is 1. The Morgan fingerprint density at radius 3 is 2.71 bits per heavy atom. The smallest absolute Gasteiger partial charge is 0.332 e. The van der Waals surface area contributed by atoms with Gasteiger partial charge in [0, 0.05) is 42.8 Å². The molecule has 2 saturated heterocycles. The Balaban J connectivity index is 0.859. The van der Waals surface area contributed by atoms with Crippen molar-refractivity contribution < 1.29 is 28.2 Å². The number of nitrogens with zero attached hydrogens (tertiary/aromatic N) is 3. The second kappa shape index (κ2) is 13.6. The molecule has 4 heterocycles. The number of nitrogens with one attached hydrogen (secondary N) is 3. The SMILES string of the molecule is Cc1c(N2C(=O)[C@@H]3[C@H](OCCOCCNCc4ccc(-c5[nH]c6cc(F)cc7c6c5CCNC7=O)cc4)CCN3C2=O)ccc(C#N)c1Cl. The van der Waals surface area contributed by atoms with Crippen molar-refractivity contribution in [2.24, 2.45) is 0 Å². The standard InChI is InChI=1S/C36H34ClFN6O5/c1-20-28(7-6-23(18-39)31(20)37)44-35(46)33-29(9-12-43(33)36(44)47)49-15-14-48-13-11-40-19-21-2-4-22(5-3-21)32-25-8-10-41-34(45)26-16-24(38)17-27(42-32)30(25)26/h2-7,16-17,29,33,40,42H,8-15,19H2,1H3,(H,41,45)/t29-,33+/m1/s1. The van der Waals surface area contributed by atoms with Gasteiger partial charge in [0.1, 0.15) is 17.9 Å². The van der Waals surface area contributed by atoms with Gasteiger partial charge in [-0.15, -0.1) is 0 Å². The third-order valence-corrected chi connectivity index (χ3v) is 9.89. The van der Waals surface area contributed by atoms with Gasteiger partial charge in [0.05, 0.1) is 47.8 Å². The second-order valence-corrected chi connectivity index (χ2v) is 12.7. The number of nitriles is 1. The molecule has 3 N–H and O–H groups in total. The van der Waals surface area contributed by atoms with Gasteiger partial charge < -0.3 is 30.0 Å². The first-order valence-electron chi connectivity index (χ1n) is 16.2. The van der Waals surface area contributed by atoms with E-state index in [9.17, 15) is 24.0 Å². The number of fused-ring (bicyclic) bond motifs is 1. The molecule has 2 fully saturated rings. The molecule has 3 aromatic carbocycles. The topological polar surface area (TPSA) is 140 Å². The third-order valence-electron chi connectivity index (χ3n) is 9.40. The predicted molar refractivity (Wildman–Crippen MR) is 181 cm³/mol. The van der Waals surface area contributed by atoms with Gasteiger partial charge >= 0.3 is 6.03 Å². The van der Waals surface area contributed by atoms with E-state index in [0.29, 0.717) is 74.6 Å². The number of hydrogen-bond acceptors (Lipinski definition) is 7. The Bertz CT molecular complexity index is 2010. The number of aromatic amines is 1. The minimum atomic E-state index is -0.708. The molecule has 2 atom stereocenters. The van der Waals surface area contributed by atoms with Crippen LogP contribution >= 0.6 is 11.6 Å². The molecule has 0 spiro atoms. The van der Waals surface area contributed by atoms with Crippen molar-refractivity contribution in [3.8, 4) is 17.3 Å². The average molecular weight is 685 g/mol. The van der Waals surface area contributed by atoms with E-state index in [0.717, 1.165) is 32.7 Å². The zero-order valence-electron chi connectivity index (χ0n) is 26.8. The van der Waals surface area contributed by atoms with Gasteiger partial charge in [-0.05, 0) is 66.3 Å². The second-order valence-electron chi connectivity index (χ2n) is 12.3. The highest BCUT2D eigenvalue weighted by molar-refractivity contribution is 6.33. The first kappa shape index (κ1) is 32.7. The van der Waals surface area contributed by atoms with Gasteiger partial charge in [0.2, 0.25) is 0 Å². The Kier molecular flexibility index (Phi) is 9.09. The Morgan fingerprint density at radius 2 is 1.92 bits per heavy atom. The van der Waals surface area contributed by atoms with Crippen LogP contribution in [-0.4, -0.2) is 79.3 Å². The normalized spacial score (nSPS) is 18.6. The largest absolute Gasteiger partial charge is 0.378 e. The van der Waals surface area contributed by atoms with E-state index in [1.807, 2.05) is 30.3 Å². The summed E-state index contributed by atoms with van der Waals surface area (Å²) in [5, 5.41) is 16.5. The van der Waals surface area contributed by atoms with Crippen LogP contribution in [0.25, 0.3) is 22.2 Å². The van der Waals surface area contributed by atoms with Gasteiger partial charge in [-0.3, -0.25) is 9.59 Å². The van der Waals surface area contributed by atoms with E-state index >= 15 is 0 Å². The molecule has 7 rings (SSSR count). The highest BCUT2D eigenvalue weighted by Crippen LogP contribution is 2.38. The van der Waals surface area contributed by atoms with Gasteiger partial charge in [-0.1, -0.05) is 35.9 Å². The molecule has 0 radical (unpaired) electrons. The van der Waals surface area contributed by atoms with Crippen LogP contribution in [0.2, 0.25) is 5.02 Å². The fourth-order valence-electron chi connectivity index (χ4n) is 6.99. The fraction of sp³-hybridized carbons (Fsp3) is 0.333. The number of carbonyl (C=O) groups is 3.